The standard InChI is InChI=1S/C15H16N2O2/c16-8-11-2-5-14(6-3-11)19-10-15(18)17-9-12-1-4-13(17)7-12/h2-3,5-6,12-13H,1,4,7,9-10H2. The third-order valence-electron chi connectivity index (χ3n) is 4.08. The fourth-order valence-electron chi connectivity index (χ4n) is 3.08. The molecule has 2 fully saturated rings. The summed E-state index contributed by atoms with van der Waals surface area (Å²) in [6, 6.07) is 9.33. The van der Waals surface area contributed by atoms with Crippen LogP contribution in [0.4, 0.5) is 0 Å². The second-order valence-electron chi connectivity index (χ2n) is 5.30. The average molecular weight is 256 g/mol. The molecule has 2 bridgehead atoms. The van der Waals surface area contributed by atoms with Crippen molar-refractivity contribution in [3.8, 4) is 11.8 Å². The number of amides is 1. The summed E-state index contributed by atoms with van der Waals surface area (Å²) in [5, 5.41) is 8.70. The molecule has 0 radical (unpaired) electrons. The third-order valence-corrected chi connectivity index (χ3v) is 4.08. The summed E-state index contributed by atoms with van der Waals surface area (Å²) in [4.78, 5) is 14.1. The molecule has 0 aromatic heterocycles. The Bertz CT molecular complexity index is 518. The Hall–Kier alpha value is -2.02. The number of nitriles is 1. The van der Waals surface area contributed by atoms with Crippen molar-refractivity contribution in [3.05, 3.63) is 29.8 Å². The van der Waals surface area contributed by atoms with Gasteiger partial charge in [-0.05, 0) is 49.4 Å². The quantitative estimate of drug-likeness (QED) is 0.830. The van der Waals surface area contributed by atoms with Crippen molar-refractivity contribution in [2.75, 3.05) is 13.2 Å². The SMILES string of the molecule is N#Cc1ccc(OCC(=O)N2CC3CCC2C3)cc1. The number of carbonyl (C=O) groups is 1. The van der Waals surface area contributed by atoms with E-state index in [2.05, 4.69) is 6.07 Å². The number of carbonyl (C=O) groups excluding carboxylic acids is 1. The van der Waals surface area contributed by atoms with Crippen LogP contribution in [0.1, 0.15) is 24.8 Å². The van der Waals surface area contributed by atoms with Crippen LogP contribution in [0.15, 0.2) is 24.3 Å². The number of hydrogen-bond donors (Lipinski definition) is 0. The summed E-state index contributed by atoms with van der Waals surface area (Å²) in [5.41, 5.74) is 0.593. The van der Waals surface area contributed by atoms with Crippen LogP contribution in [0.2, 0.25) is 0 Å². The van der Waals surface area contributed by atoms with E-state index in [1.165, 1.54) is 12.8 Å². The molecule has 0 spiro atoms. The zero-order chi connectivity index (χ0) is 13.2. The van der Waals surface area contributed by atoms with Crippen molar-refractivity contribution >= 4 is 5.91 Å². The Kier molecular flexibility index (Phi) is 3.12. The van der Waals surface area contributed by atoms with Crippen LogP contribution in [0.25, 0.3) is 0 Å². The number of ether oxygens (including phenoxy) is 1. The van der Waals surface area contributed by atoms with Crippen molar-refractivity contribution in [1.29, 1.82) is 5.26 Å². The zero-order valence-electron chi connectivity index (χ0n) is 10.7. The van der Waals surface area contributed by atoms with Crippen LogP contribution in [0, 0.1) is 17.2 Å². The number of nitrogens with zero attached hydrogens (tertiary/aromatic N) is 2. The van der Waals surface area contributed by atoms with Crippen LogP contribution < -0.4 is 4.74 Å². The molecule has 1 aliphatic carbocycles. The maximum Gasteiger partial charge on any atom is 0.260 e. The molecule has 19 heavy (non-hydrogen) atoms. The molecule has 1 aliphatic heterocycles. The molecule has 1 saturated heterocycles. The monoisotopic (exact) mass is 256 g/mol. The fourth-order valence-corrected chi connectivity index (χ4v) is 3.08. The number of piperidine rings is 1. The van der Waals surface area contributed by atoms with Crippen LogP contribution in [-0.2, 0) is 4.79 Å². The highest BCUT2D eigenvalue weighted by Crippen LogP contribution is 2.37. The molecule has 2 aliphatic rings. The molecular weight excluding hydrogens is 240 g/mol. The molecule has 3 rings (SSSR count). The Balaban J connectivity index is 1.54. The first-order valence-corrected chi connectivity index (χ1v) is 6.68. The molecule has 2 atom stereocenters. The summed E-state index contributed by atoms with van der Waals surface area (Å²) in [6.45, 7) is 0.995. The van der Waals surface area contributed by atoms with Gasteiger partial charge in [0.25, 0.3) is 5.91 Å². The molecule has 1 heterocycles. The molecule has 1 amide bonds. The van der Waals surface area contributed by atoms with Crippen molar-refractivity contribution in [1.82, 2.24) is 4.90 Å². The van der Waals surface area contributed by atoms with E-state index in [0.29, 0.717) is 23.3 Å². The normalized spacial score (nSPS) is 24.3. The Labute approximate surface area is 112 Å². The maximum atomic E-state index is 12.1. The smallest absolute Gasteiger partial charge is 0.260 e. The summed E-state index contributed by atoms with van der Waals surface area (Å²) < 4.78 is 5.49. The molecule has 2 unspecified atom stereocenters. The van der Waals surface area contributed by atoms with Crippen LogP contribution in [-0.4, -0.2) is 30.0 Å². The Morgan fingerprint density at radius 1 is 1.37 bits per heavy atom. The lowest BCUT2D eigenvalue weighted by molar-refractivity contribution is -0.135. The molecule has 1 aromatic carbocycles. The summed E-state index contributed by atoms with van der Waals surface area (Å²) in [6.07, 6.45) is 3.58. The lowest BCUT2D eigenvalue weighted by Crippen LogP contribution is -2.40. The first-order chi connectivity index (χ1) is 9.26. The van der Waals surface area contributed by atoms with E-state index < -0.39 is 0 Å². The molecule has 4 heteroatoms. The maximum absolute atomic E-state index is 12.1. The van der Waals surface area contributed by atoms with E-state index >= 15 is 0 Å². The van der Waals surface area contributed by atoms with Gasteiger partial charge >= 0.3 is 0 Å². The molecular formula is C15H16N2O2. The summed E-state index contributed by atoms with van der Waals surface area (Å²) in [5.74, 6) is 1.43. The van der Waals surface area contributed by atoms with Crippen LogP contribution in [0.3, 0.4) is 0 Å². The predicted molar refractivity (Wildman–Crippen MR) is 69.5 cm³/mol. The van der Waals surface area contributed by atoms with E-state index in [1.807, 2.05) is 4.90 Å². The topological polar surface area (TPSA) is 53.3 Å². The number of rotatable bonds is 3. The van der Waals surface area contributed by atoms with Gasteiger partial charge in [0.05, 0.1) is 11.6 Å². The van der Waals surface area contributed by atoms with Crippen molar-refractivity contribution in [3.63, 3.8) is 0 Å². The van der Waals surface area contributed by atoms with Crippen molar-refractivity contribution in [2.45, 2.75) is 25.3 Å². The fraction of sp³-hybridized carbons (Fsp3) is 0.467. The minimum Gasteiger partial charge on any atom is -0.484 e. The zero-order valence-corrected chi connectivity index (χ0v) is 10.7. The number of fused-ring (bicyclic) bond motifs is 2. The van der Waals surface area contributed by atoms with E-state index in [-0.39, 0.29) is 12.5 Å². The lowest BCUT2D eigenvalue weighted by atomic mass is 10.1. The number of benzene rings is 1. The van der Waals surface area contributed by atoms with Gasteiger partial charge in [-0.3, -0.25) is 4.79 Å². The summed E-state index contributed by atoms with van der Waals surface area (Å²) in [7, 11) is 0. The minimum atomic E-state index is 0.0801. The van der Waals surface area contributed by atoms with Crippen molar-refractivity contribution < 1.29 is 9.53 Å². The van der Waals surface area contributed by atoms with Crippen LogP contribution >= 0.6 is 0 Å². The predicted octanol–water partition coefficient (Wildman–Crippen LogP) is 1.95. The van der Waals surface area contributed by atoms with Gasteiger partial charge in [-0.1, -0.05) is 0 Å². The Morgan fingerprint density at radius 2 is 2.16 bits per heavy atom. The highest BCUT2D eigenvalue weighted by Gasteiger charge is 2.40. The van der Waals surface area contributed by atoms with E-state index in [9.17, 15) is 4.79 Å². The van der Waals surface area contributed by atoms with Gasteiger partial charge in [0, 0.05) is 12.6 Å². The molecule has 1 aromatic rings. The first-order valence-electron chi connectivity index (χ1n) is 6.68. The van der Waals surface area contributed by atoms with Gasteiger partial charge in [0.15, 0.2) is 6.61 Å². The third kappa shape index (κ3) is 2.41. The van der Waals surface area contributed by atoms with E-state index in [1.54, 1.807) is 24.3 Å². The number of hydrogen-bond acceptors (Lipinski definition) is 3. The average Bonchev–Trinajstić information content (AvgIpc) is 3.08. The summed E-state index contributed by atoms with van der Waals surface area (Å²) >= 11 is 0. The number of likely N-dealkylation sites (tertiary alicyclic amines) is 1. The van der Waals surface area contributed by atoms with Gasteiger partial charge in [-0.25, -0.2) is 0 Å². The van der Waals surface area contributed by atoms with Crippen molar-refractivity contribution in [2.24, 2.45) is 5.92 Å². The van der Waals surface area contributed by atoms with Crippen LogP contribution in [0.5, 0.6) is 5.75 Å². The highest BCUT2D eigenvalue weighted by molar-refractivity contribution is 5.78. The van der Waals surface area contributed by atoms with E-state index in [0.717, 1.165) is 13.0 Å². The van der Waals surface area contributed by atoms with Gasteiger partial charge in [-0.15, -0.1) is 0 Å². The molecule has 0 N–H and O–H groups in total. The van der Waals surface area contributed by atoms with Gasteiger partial charge in [0.1, 0.15) is 5.75 Å². The minimum absolute atomic E-state index is 0.0801. The van der Waals surface area contributed by atoms with E-state index in [4.69, 9.17) is 10.00 Å². The first kappa shape index (κ1) is 12.0. The largest absolute Gasteiger partial charge is 0.484 e. The molecule has 4 nitrogen and oxygen atoms in total. The van der Waals surface area contributed by atoms with Gasteiger partial charge in [0.2, 0.25) is 0 Å². The Morgan fingerprint density at radius 3 is 2.74 bits per heavy atom. The van der Waals surface area contributed by atoms with Gasteiger partial charge < -0.3 is 9.64 Å². The van der Waals surface area contributed by atoms with Gasteiger partial charge in [-0.2, -0.15) is 5.26 Å². The lowest BCUT2D eigenvalue weighted by Gasteiger charge is -2.26. The second kappa shape index (κ2) is 4.93. The second-order valence-corrected chi connectivity index (χ2v) is 5.30. The highest BCUT2D eigenvalue weighted by atomic mass is 16.5. The molecule has 98 valence electrons. The molecule has 1 saturated carbocycles.